The summed E-state index contributed by atoms with van der Waals surface area (Å²) in [5, 5.41) is 8.22. The fourth-order valence-corrected chi connectivity index (χ4v) is 4.88. The van der Waals surface area contributed by atoms with Gasteiger partial charge in [-0.2, -0.15) is 13.2 Å². The van der Waals surface area contributed by atoms with Crippen LogP contribution in [0.5, 0.6) is 11.5 Å². The van der Waals surface area contributed by atoms with E-state index in [9.17, 15) is 21.6 Å². The van der Waals surface area contributed by atoms with Crippen LogP contribution in [0.3, 0.4) is 0 Å². The number of halogens is 3. The van der Waals surface area contributed by atoms with Crippen molar-refractivity contribution in [3.05, 3.63) is 78.5 Å². The van der Waals surface area contributed by atoms with E-state index in [1.807, 2.05) is 0 Å². The van der Waals surface area contributed by atoms with Crippen molar-refractivity contribution < 1.29 is 31.1 Å². The topological polar surface area (TPSA) is 83.3 Å². The second-order valence-corrected chi connectivity index (χ2v) is 9.00. The van der Waals surface area contributed by atoms with Crippen molar-refractivity contribution in [2.24, 2.45) is 0 Å². The van der Waals surface area contributed by atoms with Gasteiger partial charge in [0.05, 0.1) is 35.8 Å². The van der Waals surface area contributed by atoms with E-state index in [1.54, 1.807) is 30.3 Å². The highest BCUT2D eigenvalue weighted by Gasteiger charge is 2.31. The van der Waals surface area contributed by atoms with Crippen molar-refractivity contribution in [2.75, 3.05) is 14.2 Å². The number of sulfone groups is 1. The highest BCUT2D eigenvalue weighted by molar-refractivity contribution is 7.91. The first kappa shape index (κ1) is 23.3. The number of alkyl halides is 3. The monoisotopic (exact) mass is 489 g/mol. The first-order valence-corrected chi connectivity index (χ1v) is 11.3. The predicted molar refractivity (Wildman–Crippen MR) is 117 cm³/mol. The van der Waals surface area contributed by atoms with Crippen LogP contribution >= 0.6 is 0 Å². The van der Waals surface area contributed by atoms with Gasteiger partial charge in [0, 0.05) is 5.56 Å². The Hall–Kier alpha value is -3.86. The Balaban J connectivity index is 1.79. The van der Waals surface area contributed by atoms with E-state index in [-0.39, 0.29) is 21.0 Å². The number of benzene rings is 3. The molecular formula is C23H18F3N3O4S. The molecule has 0 bridgehead atoms. The van der Waals surface area contributed by atoms with Crippen LogP contribution in [0.1, 0.15) is 5.56 Å². The Morgan fingerprint density at radius 2 is 1.47 bits per heavy atom. The molecule has 4 rings (SSSR count). The maximum Gasteiger partial charge on any atom is 0.416 e. The van der Waals surface area contributed by atoms with Gasteiger partial charge in [-0.05, 0) is 42.5 Å². The molecule has 0 N–H and O–H groups in total. The molecule has 0 aliphatic carbocycles. The average molecular weight is 489 g/mol. The van der Waals surface area contributed by atoms with E-state index in [4.69, 9.17) is 9.47 Å². The fourth-order valence-electron chi connectivity index (χ4n) is 3.42. The van der Waals surface area contributed by atoms with E-state index >= 15 is 0 Å². The Labute approximate surface area is 193 Å². The number of hydrogen-bond acceptors (Lipinski definition) is 6. The van der Waals surface area contributed by atoms with E-state index < -0.39 is 21.6 Å². The minimum absolute atomic E-state index is 0.117. The number of methoxy groups -OCH3 is 2. The molecule has 1 aromatic heterocycles. The van der Waals surface area contributed by atoms with E-state index in [2.05, 4.69) is 10.3 Å². The molecule has 4 aromatic rings. The first-order chi connectivity index (χ1) is 16.2. The zero-order valence-corrected chi connectivity index (χ0v) is 18.8. The van der Waals surface area contributed by atoms with Crippen molar-refractivity contribution in [3.63, 3.8) is 0 Å². The molecule has 0 radical (unpaired) electrons. The Bertz CT molecular complexity index is 1410. The van der Waals surface area contributed by atoms with Gasteiger partial charge in [-0.25, -0.2) is 13.1 Å². The molecule has 0 aliphatic rings. The van der Waals surface area contributed by atoms with Gasteiger partial charge in [0.25, 0.3) is 0 Å². The standard InChI is InChI=1S/C23H18F3N3O4S/c1-32-19-7-5-8-20(33-2)22(19)29-14-18(27-28-29)17-6-3-4-9-21(17)34(30,31)16-12-10-15(11-13-16)23(24,25)26/h3-14H,1-2H3. The highest BCUT2D eigenvalue weighted by Crippen LogP contribution is 2.35. The van der Waals surface area contributed by atoms with Crippen LogP contribution in [0, 0.1) is 0 Å². The summed E-state index contributed by atoms with van der Waals surface area (Å²) in [6.07, 6.45) is -3.06. The van der Waals surface area contributed by atoms with E-state index in [1.165, 1.54) is 37.2 Å². The smallest absolute Gasteiger partial charge is 0.416 e. The zero-order valence-electron chi connectivity index (χ0n) is 17.9. The van der Waals surface area contributed by atoms with Crippen LogP contribution in [-0.4, -0.2) is 37.6 Å². The summed E-state index contributed by atoms with van der Waals surface area (Å²) in [7, 11) is -1.18. The molecular weight excluding hydrogens is 471 g/mol. The molecule has 11 heteroatoms. The molecule has 0 saturated heterocycles. The maximum absolute atomic E-state index is 13.3. The molecule has 0 fully saturated rings. The predicted octanol–water partition coefficient (Wildman–Crippen LogP) is 4.80. The molecule has 0 saturated carbocycles. The summed E-state index contributed by atoms with van der Waals surface area (Å²) < 4.78 is 77.4. The van der Waals surface area contributed by atoms with Gasteiger partial charge in [0.15, 0.2) is 5.69 Å². The van der Waals surface area contributed by atoms with Gasteiger partial charge in [-0.3, -0.25) is 0 Å². The largest absolute Gasteiger partial charge is 0.494 e. The van der Waals surface area contributed by atoms with Crippen molar-refractivity contribution in [3.8, 4) is 28.4 Å². The highest BCUT2D eigenvalue weighted by atomic mass is 32.2. The molecule has 0 atom stereocenters. The maximum atomic E-state index is 13.3. The molecule has 1 heterocycles. The number of rotatable bonds is 6. The zero-order chi connectivity index (χ0) is 24.5. The van der Waals surface area contributed by atoms with Gasteiger partial charge in [0.2, 0.25) is 9.84 Å². The van der Waals surface area contributed by atoms with Crippen LogP contribution in [0.2, 0.25) is 0 Å². The van der Waals surface area contributed by atoms with Gasteiger partial charge in [-0.15, -0.1) is 5.10 Å². The summed E-state index contributed by atoms with van der Waals surface area (Å²) in [5.41, 5.74) is 0.00400. The van der Waals surface area contributed by atoms with Crippen molar-refractivity contribution in [1.29, 1.82) is 0 Å². The van der Waals surface area contributed by atoms with Gasteiger partial charge >= 0.3 is 6.18 Å². The van der Waals surface area contributed by atoms with Crippen molar-refractivity contribution >= 4 is 9.84 Å². The molecule has 7 nitrogen and oxygen atoms in total. The molecule has 34 heavy (non-hydrogen) atoms. The van der Waals surface area contributed by atoms with Crippen LogP contribution in [0.4, 0.5) is 13.2 Å². The second-order valence-electron chi connectivity index (χ2n) is 7.08. The number of nitrogens with zero attached hydrogens (tertiary/aromatic N) is 3. The molecule has 0 aliphatic heterocycles. The third kappa shape index (κ3) is 4.21. The van der Waals surface area contributed by atoms with Gasteiger partial charge in [0.1, 0.15) is 17.2 Å². The lowest BCUT2D eigenvalue weighted by molar-refractivity contribution is -0.137. The number of hydrogen-bond donors (Lipinski definition) is 0. The number of para-hydroxylation sites is 1. The third-order valence-electron chi connectivity index (χ3n) is 5.07. The second kappa shape index (κ2) is 8.82. The van der Waals surface area contributed by atoms with Crippen LogP contribution in [-0.2, 0) is 16.0 Å². The van der Waals surface area contributed by atoms with E-state index in [0.717, 1.165) is 24.3 Å². The van der Waals surface area contributed by atoms with Crippen molar-refractivity contribution in [2.45, 2.75) is 16.0 Å². The minimum atomic E-state index is -4.57. The van der Waals surface area contributed by atoms with Crippen molar-refractivity contribution in [1.82, 2.24) is 15.0 Å². The first-order valence-electron chi connectivity index (χ1n) is 9.82. The summed E-state index contributed by atoms with van der Waals surface area (Å²) >= 11 is 0. The molecule has 0 amide bonds. The minimum Gasteiger partial charge on any atom is -0.494 e. The Morgan fingerprint density at radius 1 is 0.853 bits per heavy atom. The lowest BCUT2D eigenvalue weighted by Crippen LogP contribution is -2.07. The van der Waals surface area contributed by atoms with Crippen LogP contribution in [0.25, 0.3) is 16.9 Å². The average Bonchev–Trinajstić information content (AvgIpc) is 3.32. The Morgan fingerprint density at radius 3 is 2.06 bits per heavy atom. The number of aromatic nitrogens is 3. The van der Waals surface area contributed by atoms with Crippen LogP contribution < -0.4 is 9.47 Å². The fraction of sp³-hybridized carbons (Fsp3) is 0.130. The SMILES string of the molecule is COc1cccc(OC)c1-n1cc(-c2ccccc2S(=O)(=O)c2ccc(C(F)(F)F)cc2)nn1. The summed E-state index contributed by atoms with van der Waals surface area (Å²) in [4.78, 5) is -0.388. The number of ether oxygens (including phenoxy) is 2. The summed E-state index contributed by atoms with van der Waals surface area (Å²) in [6.45, 7) is 0. The quantitative estimate of drug-likeness (QED) is 0.387. The van der Waals surface area contributed by atoms with Gasteiger partial charge in [-0.1, -0.05) is 29.5 Å². The molecule has 176 valence electrons. The Kier molecular flexibility index (Phi) is 6.05. The van der Waals surface area contributed by atoms with Gasteiger partial charge < -0.3 is 9.47 Å². The molecule has 3 aromatic carbocycles. The lowest BCUT2D eigenvalue weighted by atomic mass is 10.2. The van der Waals surface area contributed by atoms with Crippen LogP contribution in [0.15, 0.2) is 82.7 Å². The summed E-state index contributed by atoms with van der Waals surface area (Å²) in [6, 6.07) is 14.6. The normalized spacial score (nSPS) is 11.9. The molecule has 0 spiro atoms. The van der Waals surface area contributed by atoms with E-state index in [0.29, 0.717) is 17.2 Å². The third-order valence-corrected chi connectivity index (χ3v) is 6.90. The summed E-state index contributed by atoms with van der Waals surface area (Å²) in [5.74, 6) is 0.919. The molecule has 0 unspecified atom stereocenters. The lowest BCUT2D eigenvalue weighted by Gasteiger charge is -2.12.